The molecule has 1 spiro atoms. The molecule has 5 nitrogen and oxygen atoms in total. The van der Waals surface area contributed by atoms with Gasteiger partial charge in [-0.1, -0.05) is 23.2 Å². The molecule has 0 bridgehead atoms. The molecule has 28 heavy (non-hydrogen) atoms. The summed E-state index contributed by atoms with van der Waals surface area (Å²) in [5.41, 5.74) is 0.388. The van der Waals surface area contributed by atoms with Crippen LogP contribution in [0.3, 0.4) is 0 Å². The first-order valence-electron chi connectivity index (χ1n) is 9.05. The Kier molecular flexibility index (Phi) is 4.98. The molecule has 2 aromatic rings. The minimum absolute atomic E-state index is 0.0278. The number of piperidine rings is 1. The van der Waals surface area contributed by atoms with Gasteiger partial charge in [0.2, 0.25) is 0 Å². The van der Waals surface area contributed by atoms with Gasteiger partial charge in [0.25, 0.3) is 5.91 Å². The van der Waals surface area contributed by atoms with Gasteiger partial charge in [0.05, 0.1) is 24.7 Å². The number of fused-ring (bicyclic) bond motifs is 1. The van der Waals surface area contributed by atoms with E-state index >= 15 is 0 Å². The van der Waals surface area contributed by atoms with Gasteiger partial charge in [-0.25, -0.2) is 0 Å². The lowest BCUT2D eigenvalue weighted by Crippen LogP contribution is -2.52. The lowest BCUT2D eigenvalue weighted by atomic mass is 9.82. The van der Waals surface area contributed by atoms with Gasteiger partial charge in [-0.05, 0) is 36.4 Å². The summed E-state index contributed by atoms with van der Waals surface area (Å²) in [6.07, 6.45) is 1.45. The predicted molar refractivity (Wildman–Crippen MR) is 107 cm³/mol. The third kappa shape index (κ3) is 3.45. The second-order valence-electron chi connectivity index (χ2n) is 7.16. The first-order valence-corrected chi connectivity index (χ1v) is 9.81. The molecule has 0 aromatic heterocycles. The molecule has 0 unspecified atom stereocenters. The summed E-state index contributed by atoms with van der Waals surface area (Å²) >= 11 is 12.1. The predicted octanol–water partition coefficient (Wildman–Crippen LogP) is 4.64. The highest BCUT2D eigenvalue weighted by molar-refractivity contribution is 6.31. The van der Waals surface area contributed by atoms with Crippen molar-refractivity contribution in [3.8, 4) is 11.5 Å². The number of nitrogens with zero attached hydrogens (tertiary/aromatic N) is 1. The van der Waals surface area contributed by atoms with Crippen LogP contribution in [0.2, 0.25) is 10.0 Å². The molecule has 7 heteroatoms. The van der Waals surface area contributed by atoms with Gasteiger partial charge in [-0.2, -0.15) is 0 Å². The van der Waals surface area contributed by atoms with Gasteiger partial charge in [0.15, 0.2) is 5.78 Å². The number of ketones is 1. The zero-order valence-electron chi connectivity index (χ0n) is 15.3. The molecule has 0 saturated carbocycles. The van der Waals surface area contributed by atoms with E-state index in [1.807, 2.05) is 0 Å². The van der Waals surface area contributed by atoms with Crippen molar-refractivity contribution in [2.45, 2.75) is 24.9 Å². The number of halogens is 2. The number of ether oxygens (including phenoxy) is 2. The number of hydrogen-bond donors (Lipinski definition) is 0. The van der Waals surface area contributed by atoms with Crippen molar-refractivity contribution >= 4 is 34.9 Å². The molecule has 0 aliphatic carbocycles. The van der Waals surface area contributed by atoms with E-state index in [0.717, 1.165) is 0 Å². The van der Waals surface area contributed by atoms with Crippen molar-refractivity contribution in [2.75, 3.05) is 20.2 Å². The summed E-state index contributed by atoms with van der Waals surface area (Å²) in [7, 11) is 1.52. The average molecular weight is 420 g/mol. The van der Waals surface area contributed by atoms with Crippen molar-refractivity contribution in [2.24, 2.45) is 0 Å². The largest absolute Gasteiger partial charge is 0.496 e. The van der Waals surface area contributed by atoms with E-state index in [1.165, 1.54) is 7.11 Å². The van der Waals surface area contributed by atoms with Crippen LogP contribution in [0.15, 0.2) is 36.4 Å². The van der Waals surface area contributed by atoms with Crippen molar-refractivity contribution in [1.82, 2.24) is 4.90 Å². The van der Waals surface area contributed by atoms with Crippen LogP contribution in [-0.4, -0.2) is 42.4 Å². The molecule has 146 valence electrons. The average Bonchev–Trinajstić information content (AvgIpc) is 2.69. The zero-order chi connectivity index (χ0) is 19.9. The molecule has 1 saturated heterocycles. The zero-order valence-corrected chi connectivity index (χ0v) is 16.8. The molecule has 0 N–H and O–H groups in total. The number of methoxy groups -OCH3 is 1. The molecular weight excluding hydrogens is 401 g/mol. The number of carbonyl (C=O) groups is 2. The Bertz CT molecular complexity index is 951. The van der Waals surface area contributed by atoms with Crippen molar-refractivity contribution in [1.29, 1.82) is 0 Å². The fraction of sp³-hybridized carbons (Fsp3) is 0.333. The fourth-order valence-corrected chi connectivity index (χ4v) is 4.22. The van der Waals surface area contributed by atoms with Crippen LogP contribution in [-0.2, 0) is 0 Å². The van der Waals surface area contributed by atoms with Crippen LogP contribution in [0.25, 0.3) is 0 Å². The van der Waals surface area contributed by atoms with E-state index in [1.54, 1.807) is 41.3 Å². The Morgan fingerprint density at radius 2 is 1.79 bits per heavy atom. The topological polar surface area (TPSA) is 55.8 Å². The number of benzene rings is 2. The second-order valence-corrected chi connectivity index (χ2v) is 8.04. The van der Waals surface area contributed by atoms with E-state index in [-0.39, 0.29) is 11.7 Å². The standard InChI is InChI=1S/C21H19Cl2NO4/c1-27-18-4-2-14(23)11-16(18)20(26)24-8-6-21(7-9-24)12-17(25)15-10-13(22)3-5-19(15)28-21/h2-5,10-11H,6-9,12H2,1H3. The monoisotopic (exact) mass is 419 g/mol. The van der Waals surface area contributed by atoms with Gasteiger partial charge >= 0.3 is 0 Å². The van der Waals surface area contributed by atoms with Gasteiger partial charge in [0, 0.05) is 36.0 Å². The Hall–Kier alpha value is -2.24. The summed E-state index contributed by atoms with van der Waals surface area (Å²) in [6.45, 7) is 0.982. The number of hydrogen-bond acceptors (Lipinski definition) is 4. The van der Waals surface area contributed by atoms with Crippen molar-refractivity contribution in [3.05, 3.63) is 57.6 Å². The number of rotatable bonds is 2. The van der Waals surface area contributed by atoms with Gasteiger partial charge in [-0.15, -0.1) is 0 Å². The van der Waals surface area contributed by atoms with Crippen molar-refractivity contribution in [3.63, 3.8) is 0 Å². The van der Waals surface area contributed by atoms with Crippen LogP contribution >= 0.6 is 23.2 Å². The lowest BCUT2D eigenvalue weighted by Gasteiger charge is -2.44. The van der Waals surface area contributed by atoms with E-state index in [2.05, 4.69) is 0 Å². The van der Waals surface area contributed by atoms with E-state index in [0.29, 0.717) is 65.0 Å². The highest BCUT2D eigenvalue weighted by Crippen LogP contribution is 2.40. The minimum Gasteiger partial charge on any atom is -0.496 e. The van der Waals surface area contributed by atoms with Crippen LogP contribution in [0.1, 0.15) is 40.0 Å². The van der Waals surface area contributed by atoms with Crippen LogP contribution < -0.4 is 9.47 Å². The molecule has 0 atom stereocenters. The van der Waals surface area contributed by atoms with E-state index < -0.39 is 5.60 Å². The summed E-state index contributed by atoms with van der Waals surface area (Å²) in [4.78, 5) is 27.3. The molecule has 4 rings (SSSR count). The SMILES string of the molecule is COc1ccc(Cl)cc1C(=O)N1CCC2(CC1)CC(=O)c1cc(Cl)ccc1O2. The Morgan fingerprint density at radius 3 is 2.50 bits per heavy atom. The van der Waals surface area contributed by atoms with Crippen LogP contribution in [0.5, 0.6) is 11.5 Å². The maximum absolute atomic E-state index is 13.0. The van der Waals surface area contributed by atoms with Crippen LogP contribution in [0, 0.1) is 0 Å². The molecule has 1 fully saturated rings. The maximum atomic E-state index is 13.0. The Balaban J connectivity index is 1.51. The first kappa shape index (κ1) is 19.1. The third-order valence-corrected chi connectivity index (χ3v) is 5.88. The summed E-state index contributed by atoms with van der Waals surface area (Å²) < 4.78 is 11.5. The highest BCUT2D eigenvalue weighted by Gasteiger charge is 2.44. The molecule has 2 aromatic carbocycles. The smallest absolute Gasteiger partial charge is 0.257 e. The van der Waals surface area contributed by atoms with Gasteiger partial charge in [-0.3, -0.25) is 9.59 Å². The van der Waals surface area contributed by atoms with E-state index in [9.17, 15) is 9.59 Å². The lowest BCUT2D eigenvalue weighted by molar-refractivity contribution is -0.00575. The number of carbonyl (C=O) groups excluding carboxylic acids is 2. The number of likely N-dealkylation sites (tertiary alicyclic amines) is 1. The van der Waals surface area contributed by atoms with Crippen LogP contribution in [0.4, 0.5) is 0 Å². The minimum atomic E-state index is -0.576. The molecule has 2 aliphatic heterocycles. The van der Waals surface area contributed by atoms with E-state index in [4.69, 9.17) is 32.7 Å². The Labute approximate surface area is 173 Å². The maximum Gasteiger partial charge on any atom is 0.257 e. The fourth-order valence-electron chi connectivity index (χ4n) is 3.88. The summed E-state index contributed by atoms with van der Waals surface area (Å²) in [5.74, 6) is 0.949. The molecular formula is C21H19Cl2NO4. The van der Waals surface area contributed by atoms with Gasteiger partial charge in [0.1, 0.15) is 17.1 Å². The normalized spacial score (nSPS) is 17.8. The number of amides is 1. The molecule has 2 aliphatic rings. The highest BCUT2D eigenvalue weighted by atomic mass is 35.5. The first-order chi connectivity index (χ1) is 13.4. The summed E-state index contributed by atoms with van der Waals surface area (Å²) in [5, 5.41) is 0.997. The third-order valence-electron chi connectivity index (χ3n) is 5.41. The second kappa shape index (κ2) is 7.30. The number of Topliss-reactive ketones (excluding diaryl/α,β-unsaturated/α-hetero) is 1. The molecule has 2 heterocycles. The Morgan fingerprint density at radius 1 is 1.11 bits per heavy atom. The van der Waals surface area contributed by atoms with Gasteiger partial charge < -0.3 is 14.4 Å². The van der Waals surface area contributed by atoms with Crippen molar-refractivity contribution < 1.29 is 19.1 Å². The quantitative estimate of drug-likeness (QED) is 0.710. The summed E-state index contributed by atoms with van der Waals surface area (Å²) in [6, 6.07) is 10.1. The molecule has 1 amide bonds. The molecule has 0 radical (unpaired) electrons.